The van der Waals surface area contributed by atoms with Gasteiger partial charge in [0, 0.05) is 24.3 Å². The molecular formula is C18H22N2O. The van der Waals surface area contributed by atoms with Crippen LogP contribution in [0.4, 0.5) is 0 Å². The van der Waals surface area contributed by atoms with Crippen molar-refractivity contribution in [1.29, 1.82) is 0 Å². The lowest BCUT2D eigenvalue weighted by molar-refractivity contribution is 0.140. The zero-order valence-corrected chi connectivity index (χ0v) is 12.5. The van der Waals surface area contributed by atoms with Crippen molar-refractivity contribution in [3.05, 3.63) is 69.6 Å². The first-order chi connectivity index (χ1) is 10.2. The van der Waals surface area contributed by atoms with Crippen LogP contribution in [0.15, 0.2) is 47.4 Å². The van der Waals surface area contributed by atoms with E-state index in [1.807, 2.05) is 19.2 Å². The molecule has 1 aromatic heterocycles. The zero-order valence-electron chi connectivity index (χ0n) is 12.5. The maximum atomic E-state index is 11.6. The third-order valence-corrected chi connectivity index (χ3v) is 4.34. The van der Waals surface area contributed by atoms with E-state index in [2.05, 4.69) is 40.2 Å². The lowest BCUT2D eigenvalue weighted by Gasteiger charge is -2.36. The number of H-pyrrole nitrogens is 1. The number of benzene rings is 1. The molecule has 110 valence electrons. The van der Waals surface area contributed by atoms with E-state index in [1.54, 1.807) is 0 Å². The van der Waals surface area contributed by atoms with Gasteiger partial charge in [-0.25, -0.2) is 0 Å². The van der Waals surface area contributed by atoms with Crippen LogP contribution in [-0.4, -0.2) is 16.4 Å². The average molecular weight is 282 g/mol. The summed E-state index contributed by atoms with van der Waals surface area (Å²) >= 11 is 0. The van der Waals surface area contributed by atoms with E-state index in [-0.39, 0.29) is 5.56 Å². The minimum atomic E-state index is 0.0177. The molecule has 1 atom stereocenters. The summed E-state index contributed by atoms with van der Waals surface area (Å²) in [6.07, 6.45) is 5.57. The van der Waals surface area contributed by atoms with Gasteiger partial charge in [0.25, 0.3) is 5.56 Å². The second-order valence-corrected chi connectivity index (χ2v) is 5.91. The summed E-state index contributed by atoms with van der Waals surface area (Å²) in [4.78, 5) is 17.0. The summed E-state index contributed by atoms with van der Waals surface area (Å²) in [7, 11) is 0. The molecule has 1 fully saturated rings. The van der Waals surface area contributed by atoms with Gasteiger partial charge in [-0.2, -0.15) is 0 Å². The Hall–Kier alpha value is -1.87. The predicted octanol–water partition coefficient (Wildman–Crippen LogP) is 3.41. The highest BCUT2D eigenvalue weighted by atomic mass is 16.1. The SMILES string of the molecule is Cc1cc([C@@H]2CCCCN2Cc2ccccc2)c[nH]c1=O. The Morgan fingerprint density at radius 2 is 2.05 bits per heavy atom. The summed E-state index contributed by atoms with van der Waals surface area (Å²) in [6.45, 7) is 3.98. The van der Waals surface area contributed by atoms with Crippen LogP contribution in [0.5, 0.6) is 0 Å². The number of aromatic nitrogens is 1. The highest BCUT2D eigenvalue weighted by Crippen LogP contribution is 2.31. The first kappa shape index (κ1) is 14.1. The Labute approximate surface area is 125 Å². The minimum Gasteiger partial charge on any atom is -0.329 e. The van der Waals surface area contributed by atoms with Gasteiger partial charge in [-0.1, -0.05) is 36.8 Å². The van der Waals surface area contributed by atoms with Crippen molar-refractivity contribution in [2.45, 2.75) is 38.8 Å². The molecule has 2 aromatic rings. The van der Waals surface area contributed by atoms with Gasteiger partial charge in [0.15, 0.2) is 0 Å². The molecule has 0 aliphatic carbocycles. The third-order valence-electron chi connectivity index (χ3n) is 4.34. The van der Waals surface area contributed by atoms with E-state index in [4.69, 9.17) is 0 Å². The van der Waals surface area contributed by atoms with E-state index in [0.717, 1.165) is 25.1 Å². The van der Waals surface area contributed by atoms with Crippen LogP contribution >= 0.6 is 0 Å². The molecule has 0 unspecified atom stereocenters. The Balaban J connectivity index is 1.84. The van der Waals surface area contributed by atoms with Crippen molar-refractivity contribution in [2.75, 3.05) is 6.54 Å². The van der Waals surface area contributed by atoms with E-state index in [0.29, 0.717) is 6.04 Å². The quantitative estimate of drug-likeness (QED) is 0.936. The summed E-state index contributed by atoms with van der Waals surface area (Å²) in [5.41, 5.74) is 3.41. The maximum Gasteiger partial charge on any atom is 0.250 e. The molecule has 0 saturated carbocycles. The van der Waals surface area contributed by atoms with E-state index >= 15 is 0 Å². The van der Waals surface area contributed by atoms with E-state index in [1.165, 1.54) is 24.0 Å². The normalized spacial score (nSPS) is 19.6. The molecule has 0 radical (unpaired) electrons. The van der Waals surface area contributed by atoms with Crippen molar-refractivity contribution < 1.29 is 0 Å². The summed E-state index contributed by atoms with van der Waals surface area (Å²) in [5.74, 6) is 0. The van der Waals surface area contributed by atoms with Crippen LogP contribution in [0.3, 0.4) is 0 Å². The monoisotopic (exact) mass is 282 g/mol. The predicted molar refractivity (Wildman–Crippen MR) is 85.2 cm³/mol. The van der Waals surface area contributed by atoms with Gasteiger partial charge >= 0.3 is 0 Å². The van der Waals surface area contributed by atoms with Gasteiger partial charge in [0.1, 0.15) is 0 Å². The zero-order chi connectivity index (χ0) is 14.7. The van der Waals surface area contributed by atoms with Gasteiger partial charge in [-0.3, -0.25) is 9.69 Å². The number of piperidine rings is 1. The second kappa shape index (κ2) is 6.27. The lowest BCUT2D eigenvalue weighted by Crippen LogP contribution is -2.33. The minimum absolute atomic E-state index is 0.0177. The number of nitrogens with one attached hydrogen (secondary N) is 1. The lowest BCUT2D eigenvalue weighted by atomic mass is 9.95. The molecule has 3 rings (SSSR count). The second-order valence-electron chi connectivity index (χ2n) is 5.91. The van der Waals surface area contributed by atoms with Gasteiger partial charge in [0.05, 0.1) is 0 Å². The topological polar surface area (TPSA) is 36.1 Å². The number of aryl methyl sites for hydroxylation is 1. The van der Waals surface area contributed by atoms with Gasteiger partial charge in [-0.15, -0.1) is 0 Å². The first-order valence-electron chi connectivity index (χ1n) is 7.71. The van der Waals surface area contributed by atoms with Crippen LogP contribution in [0.25, 0.3) is 0 Å². The number of hydrogen-bond donors (Lipinski definition) is 1. The molecule has 1 saturated heterocycles. The molecule has 3 heteroatoms. The largest absolute Gasteiger partial charge is 0.329 e. The van der Waals surface area contributed by atoms with Gasteiger partial charge < -0.3 is 4.98 Å². The van der Waals surface area contributed by atoms with Crippen LogP contribution in [-0.2, 0) is 6.54 Å². The van der Waals surface area contributed by atoms with Crippen LogP contribution < -0.4 is 5.56 Å². The number of pyridine rings is 1. The maximum absolute atomic E-state index is 11.6. The Bertz CT molecular complexity index is 648. The molecular weight excluding hydrogens is 260 g/mol. The number of likely N-dealkylation sites (tertiary alicyclic amines) is 1. The first-order valence-corrected chi connectivity index (χ1v) is 7.71. The van der Waals surface area contributed by atoms with E-state index in [9.17, 15) is 4.79 Å². The number of rotatable bonds is 3. The fraction of sp³-hybridized carbons (Fsp3) is 0.389. The molecule has 0 spiro atoms. The molecule has 0 bridgehead atoms. The molecule has 3 nitrogen and oxygen atoms in total. The molecule has 1 aromatic carbocycles. The molecule has 1 aliphatic rings. The van der Waals surface area contributed by atoms with Crippen molar-refractivity contribution in [3.63, 3.8) is 0 Å². The summed E-state index contributed by atoms with van der Waals surface area (Å²) in [5, 5.41) is 0. The number of aromatic amines is 1. The highest BCUT2D eigenvalue weighted by molar-refractivity contribution is 5.22. The Morgan fingerprint density at radius 3 is 2.81 bits per heavy atom. The molecule has 21 heavy (non-hydrogen) atoms. The average Bonchev–Trinajstić information content (AvgIpc) is 2.52. The van der Waals surface area contributed by atoms with Gasteiger partial charge in [-0.05, 0) is 43.5 Å². The molecule has 2 heterocycles. The third kappa shape index (κ3) is 3.24. The standard InChI is InChI=1S/C18H22N2O/c1-14-11-16(12-19-18(14)21)17-9-5-6-10-20(17)13-15-7-3-2-4-8-15/h2-4,7-8,11-12,17H,5-6,9-10,13H2,1H3,(H,19,21)/t17-/m0/s1. The van der Waals surface area contributed by atoms with Crippen molar-refractivity contribution in [2.24, 2.45) is 0 Å². The van der Waals surface area contributed by atoms with Crippen molar-refractivity contribution >= 4 is 0 Å². The van der Waals surface area contributed by atoms with Crippen molar-refractivity contribution in [3.8, 4) is 0 Å². The van der Waals surface area contributed by atoms with Crippen LogP contribution in [0.2, 0.25) is 0 Å². The summed E-state index contributed by atoms with van der Waals surface area (Å²) in [6, 6.07) is 13.1. The smallest absolute Gasteiger partial charge is 0.250 e. The Morgan fingerprint density at radius 1 is 1.24 bits per heavy atom. The van der Waals surface area contributed by atoms with Crippen LogP contribution in [0.1, 0.15) is 42.0 Å². The van der Waals surface area contributed by atoms with E-state index < -0.39 is 0 Å². The number of hydrogen-bond acceptors (Lipinski definition) is 2. The highest BCUT2D eigenvalue weighted by Gasteiger charge is 2.24. The Kier molecular flexibility index (Phi) is 4.20. The molecule has 1 N–H and O–H groups in total. The fourth-order valence-corrected chi connectivity index (χ4v) is 3.19. The molecule has 1 aliphatic heterocycles. The molecule has 0 amide bonds. The van der Waals surface area contributed by atoms with Gasteiger partial charge in [0.2, 0.25) is 0 Å². The van der Waals surface area contributed by atoms with Crippen LogP contribution in [0, 0.1) is 6.92 Å². The fourth-order valence-electron chi connectivity index (χ4n) is 3.19. The summed E-state index contributed by atoms with van der Waals surface area (Å²) < 4.78 is 0. The number of nitrogens with zero attached hydrogens (tertiary/aromatic N) is 1. The van der Waals surface area contributed by atoms with Crippen molar-refractivity contribution in [1.82, 2.24) is 9.88 Å².